The standard InChI is InChI=1S/C11H13FN2O2/c12-9-4-6-13(7-5-9)10-2-1-3-11(8-10)14(15)16/h1-3,8-9H,4-7H2. The second kappa shape index (κ2) is 4.47. The summed E-state index contributed by atoms with van der Waals surface area (Å²) in [6.07, 6.45) is 0.278. The quantitative estimate of drug-likeness (QED) is 0.572. The summed E-state index contributed by atoms with van der Waals surface area (Å²) in [5.74, 6) is 0. The van der Waals surface area contributed by atoms with Crippen molar-refractivity contribution in [2.75, 3.05) is 18.0 Å². The third-order valence-corrected chi connectivity index (χ3v) is 2.83. The Morgan fingerprint density at radius 3 is 2.69 bits per heavy atom. The van der Waals surface area contributed by atoms with Crippen molar-refractivity contribution in [1.29, 1.82) is 0 Å². The lowest BCUT2D eigenvalue weighted by Crippen LogP contribution is -2.34. The minimum absolute atomic E-state index is 0.0832. The molecule has 1 fully saturated rings. The molecule has 1 aromatic carbocycles. The highest BCUT2D eigenvalue weighted by Gasteiger charge is 2.19. The first-order valence-corrected chi connectivity index (χ1v) is 5.30. The molecule has 1 heterocycles. The van der Waals surface area contributed by atoms with Crippen molar-refractivity contribution >= 4 is 11.4 Å². The van der Waals surface area contributed by atoms with Crippen molar-refractivity contribution in [3.05, 3.63) is 34.4 Å². The predicted octanol–water partition coefficient (Wildman–Crippen LogP) is 2.53. The van der Waals surface area contributed by atoms with Gasteiger partial charge in [0.15, 0.2) is 0 Å². The van der Waals surface area contributed by atoms with E-state index in [2.05, 4.69) is 0 Å². The SMILES string of the molecule is O=[N+]([O-])c1cccc(N2CCC(F)CC2)c1. The number of hydrogen-bond acceptors (Lipinski definition) is 3. The Bertz CT molecular complexity index is 389. The number of halogens is 1. The molecule has 1 aliphatic rings. The fourth-order valence-electron chi connectivity index (χ4n) is 1.91. The van der Waals surface area contributed by atoms with Gasteiger partial charge >= 0.3 is 0 Å². The van der Waals surface area contributed by atoms with Crippen LogP contribution in [0.25, 0.3) is 0 Å². The number of alkyl halides is 1. The van der Waals surface area contributed by atoms with Crippen LogP contribution >= 0.6 is 0 Å². The highest BCUT2D eigenvalue weighted by Crippen LogP contribution is 2.24. The van der Waals surface area contributed by atoms with Gasteiger partial charge in [0, 0.05) is 30.9 Å². The van der Waals surface area contributed by atoms with E-state index >= 15 is 0 Å². The zero-order valence-corrected chi connectivity index (χ0v) is 8.80. The molecule has 0 bridgehead atoms. The van der Waals surface area contributed by atoms with Crippen molar-refractivity contribution in [2.24, 2.45) is 0 Å². The number of nitrogens with zero attached hydrogens (tertiary/aromatic N) is 2. The average molecular weight is 224 g/mol. The number of benzene rings is 1. The summed E-state index contributed by atoms with van der Waals surface area (Å²) in [5.41, 5.74) is 0.890. The van der Waals surface area contributed by atoms with Crippen molar-refractivity contribution < 1.29 is 9.31 Å². The second-order valence-corrected chi connectivity index (χ2v) is 3.94. The third-order valence-electron chi connectivity index (χ3n) is 2.83. The summed E-state index contributed by atoms with van der Waals surface area (Å²) in [5, 5.41) is 10.6. The van der Waals surface area contributed by atoms with Gasteiger partial charge in [-0.2, -0.15) is 0 Å². The highest BCUT2D eigenvalue weighted by molar-refractivity contribution is 5.53. The van der Waals surface area contributed by atoms with E-state index in [0.717, 1.165) is 5.69 Å². The molecule has 0 unspecified atom stereocenters. The second-order valence-electron chi connectivity index (χ2n) is 3.94. The maximum Gasteiger partial charge on any atom is 0.271 e. The molecule has 2 rings (SSSR count). The van der Waals surface area contributed by atoms with E-state index in [1.165, 1.54) is 6.07 Å². The summed E-state index contributed by atoms with van der Waals surface area (Å²) >= 11 is 0. The average Bonchev–Trinajstić information content (AvgIpc) is 2.30. The van der Waals surface area contributed by atoms with E-state index in [4.69, 9.17) is 0 Å². The van der Waals surface area contributed by atoms with Crippen LogP contribution in [-0.4, -0.2) is 24.2 Å². The van der Waals surface area contributed by atoms with Gasteiger partial charge in [-0.1, -0.05) is 6.07 Å². The van der Waals surface area contributed by atoms with Crippen LogP contribution in [0.1, 0.15) is 12.8 Å². The molecule has 1 aliphatic heterocycles. The molecule has 1 saturated heterocycles. The van der Waals surface area contributed by atoms with Gasteiger partial charge in [-0.05, 0) is 18.9 Å². The Labute approximate surface area is 92.8 Å². The summed E-state index contributed by atoms with van der Waals surface area (Å²) < 4.78 is 12.9. The Hall–Kier alpha value is -1.65. The van der Waals surface area contributed by atoms with Crippen LogP contribution in [0.3, 0.4) is 0 Å². The molecular formula is C11H13FN2O2. The van der Waals surface area contributed by atoms with E-state index in [1.54, 1.807) is 12.1 Å². The maximum absolute atomic E-state index is 12.9. The summed E-state index contributed by atoms with van der Waals surface area (Å²) in [4.78, 5) is 12.2. The number of nitro benzene ring substituents is 1. The lowest BCUT2D eigenvalue weighted by atomic mass is 10.1. The number of hydrogen-bond donors (Lipinski definition) is 0. The monoisotopic (exact) mass is 224 g/mol. The molecule has 0 spiro atoms. The normalized spacial score (nSPS) is 17.4. The van der Waals surface area contributed by atoms with Gasteiger partial charge in [0.1, 0.15) is 6.17 Å². The first-order chi connectivity index (χ1) is 7.66. The molecule has 0 aliphatic carbocycles. The lowest BCUT2D eigenvalue weighted by Gasteiger charge is -2.30. The summed E-state index contributed by atoms with van der Waals surface area (Å²) in [7, 11) is 0. The molecule has 5 heteroatoms. The predicted molar refractivity (Wildman–Crippen MR) is 59.4 cm³/mol. The third kappa shape index (κ3) is 2.29. The van der Waals surface area contributed by atoms with Gasteiger partial charge in [0.25, 0.3) is 5.69 Å². The number of rotatable bonds is 2. The first-order valence-electron chi connectivity index (χ1n) is 5.30. The molecule has 86 valence electrons. The Morgan fingerprint density at radius 2 is 2.06 bits per heavy atom. The van der Waals surface area contributed by atoms with Crippen molar-refractivity contribution in [1.82, 2.24) is 0 Å². The van der Waals surface area contributed by atoms with E-state index < -0.39 is 11.1 Å². The minimum atomic E-state index is -0.727. The van der Waals surface area contributed by atoms with Crippen molar-refractivity contribution in [3.63, 3.8) is 0 Å². The van der Waals surface area contributed by atoms with E-state index in [1.807, 2.05) is 11.0 Å². The highest BCUT2D eigenvalue weighted by atomic mass is 19.1. The largest absolute Gasteiger partial charge is 0.371 e. The van der Waals surface area contributed by atoms with Crippen LogP contribution in [-0.2, 0) is 0 Å². The van der Waals surface area contributed by atoms with Crippen LogP contribution in [0.2, 0.25) is 0 Å². The van der Waals surface area contributed by atoms with E-state index in [9.17, 15) is 14.5 Å². The van der Waals surface area contributed by atoms with Gasteiger partial charge in [0.2, 0.25) is 0 Å². The summed E-state index contributed by atoms with van der Waals surface area (Å²) in [6.45, 7) is 1.25. The number of nitro groups is 1. The summed E-state index contributed by atoms with van der Waals surface area (Å²) in [6, 6.07) is 6.49. The number of non-ortho nitro benzene ring substituents is 1. The van der Waals surface area contributed by atoms with E-state index in [0.29, 0.717) is 25.9 Å². The number of piperidine rings is 1. The first kappa shape index (κ1) is 10.9. The van der Waals surface area contributed by atoms with Crippen LogP contribution in [0, 0.1) is 10.1 Å². The molecule has 0 radical (unpaired) electrons. The zero-order chi connectivity index (χ0) is 11.5. The van der Waals surface area contributed by atoms with Crippen LogP contribution in [0.4, 0.5) is 15.8 Å². The molecule has 1 aromatic rings. The van der Waals surface area contributed by atoms with Gasteiger partial charge in [0.05, 0.1) is 4.92 Å². The number of anilines is 1. The Kier molecular flexibility index (Phi) is 3.03. The molecule has 0 N–H and O–H groups in total. The van der Waals surface area contributed by atoms with Gasteiger partial charge < -0.3 is 4.90 Å². The van der Waals surface area contributed by atoms with E-state index in [-0.39, 0.29) is 5.69 Å². The fraction of sp³-hybridized carbons (Fsp3) is 0.455. The van der Waals surface area contributed by atoms with Gasteiger partial charge in [-0.3, -0.25) is 10.1 Å². The zero-order valence-electron chi connectivity index (χ0n) is 8.80. The molecule has 0 amide bonds. The smallest absolute Gasteiger partial charge is 0.271 e. The van der Waals surface area contributed by atoms with Crippen molar-refractivity contribution in [2.45, 2.75) is 19.0 Å². The van der Waals surface area contributed by atoms with Crippen LogP contribution in [0.15, 0.2) is 24.3 Å². The molecule has 16 heavy (non-hydrogen) atoms. The van der Waals surface area contributed by atoms with Gasteiger partial charge in [-0.15, -0.1) is 0 Å². The Balaban J connectivity index is 2.14. The topological polar surface area (TPSA) is 46.4 Å². The van der Waals surface area contributed by atoms with Crippen LogP contribution in [0.5, 0.6) is 0 Å². The van der Waals surface area contributed by atoms with Crippen molar-refractivity contribution in [3.8, 4) is 0 Å². The Morgan fingerprint density at radius 1 is 1.38 bits per heavy atom. The maximum atomic E-state index is 12.9. The van der Waals surface area contributed by atoms with Crippen LogP contribution < -0.4 is 4.90 Å². The molecular weight excluding hydrogens is 211 g/mol. The molecule has 0 atom stereocenters. The minimum Gasteiger partial charge on any atom is -0.371 e. The van der Waals surface area contributed by atoms with Gasteiger partial charge in [-0.25, -0.2) is 4.39 Å². The lowest BCUT2D eigenvalue weighted by molar-refractivity contribution is -0.384. The fourth-order valence-corrected chi connectivity index (χ4v) is 1.91. The molecule has 0 saturated carbocycles. The molecule has 0 aromatic heterocycles. The molecule has 4 nitrogen and oxygen atoms in total.